The zero-order valence-electron chi connectivity index (χ0n) is 28.8. The number of aryl methyl sites for hydroxylation is 1. The molecular weight excluding hydrogens is 603 g/mol. The number of pyridine rings is 1. The molecule has 2 aromatic carbocycles. The van der Waals surface area contributed by atoms with Crippen LogP contribution in [0.3, 0.4) is 0 Å². The van der Waals surface area contributed by atoms with E-state index in [1.165, 1.54) is 0 Å². The second-order valence-electron chi connectivity index (χ2n) is 15.0. The molecule has 2 heterocycles. The van der Waals surface area contributed by atoms with Crippen LogP contribution in [0.25, 0.3) is 11.1 Å². The van der Waals surface area contributed by atoms with Crippen LogP contribution in [0.5, 0.6) is 0 Å². The van der Waals surface area contributed by atoms with Crippen molar-refractivity contribution in [3.8, 4) is 11.1 Å². The van der Waals surface area contributed by atoms with Gasteiger partial charge in [0.1, 0.15) is 11.7 Å². The molecule has 3 aromatic rings. The van der Waals surface area contributed by atoms with E-state index in [-0.39, 0.29) is 35.6 Å². The molecule has 4 fully saturated rings. The Morgan fingerprint density at radius 2 is 1.67 bits per heavy atom. The van der Waals surface area contributed by atoms with Gasteiger partial charge in [-0.25, -0.2) is 0 Å². The lowest BCUT2D eigenvalue weighted by Gasteiger charge is -2.64. The maximum Gasteiger partial charge on any atom is 0.481 e. The highest BCUT2D eigenvalue weighted by molar-refractivity contribution is 6.48. The molecule has 4 aliphatic rings. The quantitative estimate of drug-likeness (QED) is 0.240. The lowest BCUT2D eigenvalue weighted by Crippen LogP contribution is -2.65. The van der Waals surface area contributed by atoms with Crippen LogP contribution in [0.4, 0.5) is 0 Å². The van der Waals surface area contributed by atoms with Gasteiger partial charge in [0.2, 0.25) is 5.91 Å². The SMILES string of the molecule is Cc1ccc(C(=O)NC[C@H](NC(=O)c2cc(-c3ccccc3)ccn2)C(=O)N[C@@H](CC(C)C)B2O[C@@H]3C[C@H]4C[C@@H](C4(C)C)[C@]3(C)O2)cc1. The minimum atomic E-state index is -1.09. The summed E-state index contributed by atoms with van der Waals surface area (Å²) >= 11 is 0. The van der Waals surface area contributed by atoms with E-state index in [2.05, 4.69) is 55.6 Å². The summed E-state index contributed by atoms with van der Waals surface area (Å²) in [5.74, 6) is -0.523. The van der Waals surface area contributed by atoms with Crippen LogP contribution in [-0.2, 0) is 14.1 Å². The highest BCUT2D eigenvalue weighted by atomic mass is 16.7. The van der Waals surface area contributed by atoms with Crippen molar-refractivity contribution >= 4 is 24.8 Å². The van der Waals surface area contributed by atoms with Gasteiger partial charge in [-0.3, -0.25) is 19.4 Å². The van der Waals surface area contributed by atoms with E-state index in [9.17, 15) is 14.4 Å². The van der Waals surface area contributed by atoms with Crippen LogP contribution in [0.15, 0.2) is 72.9 Å². The van der Waals surface area contributed by atoms with Gasteiger partial charge in [0.15, 0.2) is 0 Å². The van der Waals surface area contributed by atoms with Crippen molar-refractivity contribution in [1.29, 1.82) is 0 Å². The molecule has 1 aromatic heterocycles. The van der Waals surface area contributed by atoms with E-state index in [0.29, 0.717) is 23.8 Å². The number of nitrogens with one attached hydrogen (secondary N) is 3. The number of nitrogens with zero attached hydrogens (tertiary/aromatic N) is 1. The second kappa shape index (κ2) is 13.5. The Labute approximate surface area is 284 Å². The lowest BCUT2D eigenvalue weighted by molar-refractivity contribution is -0.199. The van der Waals surface area contributed by atoms with Crippen molar-refractivity contribution in [3.05, 3.63) is 89.7 Å². The van der Waals surface area contributed by atoms with Gasteiger partial charge in [-0.2, -0.15) is 0 Å². The molecule has 2 bridgehead atoms. The zero-order valence-corrected chi connectivity index (χ0v) is 28.8. The van der Waals surface area contributed by atoms with Crippen LogP contribution in [0.1, 0.15) is 80.3 Å². The molecular formula is C38H47BN4O5. The summed E-state index contributed by atoms with van der Waals surface area (Å²) in [6, 6.07) is 19.3. The number of hydrogen-bond acceptors (Lipinski definition) is 6. The van der Waals surface area contributed by atoms with E-state index in [1.807, 2.05) is 55.5 Å². The molecule has 0 unspecified atom stereocenters. The summed E-state index contributed by atoms with van der Waals surface area (Å²) in [7, 11) is -0.621. The van der Waals surface area contributed by atoms with Gasteiger partial charge in [-0.05, 0) is 91.7 Å². The van der Waals surface area contributed by atoms with E-state index in [4.69, 9.17) is 9.31 Å². The highest BCUT2D eigenvalue weighted by Gasteiger charge is 2.68. The fraction of sp³-hybridized carbons (Fsp3) is 0.474. The van der Waals surface area contributed by atoms with Crippen molar-refractivity contribution in [2.75, 3.05) is 6.54 Å². The summed E-state index contributed by atoms with van der Waals surface area (Å²) in [5.41, 5.74) is 3.20. The van der Waals surface area contributed by atoms with Gasteiger partial charge in [-0.15, -0.1) is 0 Å². The predicted octanol–water partition coefficient (Wildman–Crippen LogP) is 5.38. The molecule has 0 spiro atoms. The first-order valence-corrected chi connectivity index (χ1v) is 17.2. The molecule has 10 heteroatoms. The minimum absolute atomic E-state index is 0.0295. The molecule has 6 atom stereocenters. The molecule has 0 radical (unpaired) electrons. The fourth-order valence-electron chi connectivity index (χ4n) is 7.91. The standard InChI is InChI=1S/C38H47BN4O5/c1-23(2)18-33(39-47-32-21-28-20-31(37(28,4)5)38(32,6)48-39)43-36(46)30(22-41-34(44)26-14-12-24(3)13-15-26)42-35(45)29-19-27(16-17-40-29)25-10-8-7-9-11-25/h7-17,19,23,28,30-33H,18,20-22H2,1-6H3,(H,41,44)(H,42,45)(H,43,46)/t28-,30+,31+,32-,33+,38+/m1/s1. The number of amides is 3. The Morgan fingerprint density at radius 3 is 2.35 bits per heavy atom. The van der Waals surface area contributed by atoms with Gasteiger partial charge >= 0.3 is 7.12 Å². The average Bonchev–Trinajstić information content (AvgIpc) is 3.44. The van der Waals surface area contributed by atoms with Crippen molar-refractivity contribution in [2.45, 2.75) is 84.5 Å². The van der Waals surface area contributed by atoms with Gasteiger partial charge in [0.25, 0.3) is 11.8 Å². The van der Waals surface area contributed by atoms with E-state index in [0.717, 1.165) is 29.5 Å². The van der Waals surface area contributed by atoms with Crippen molar-refractivity contribution in [3.63, 3.8) is 0 Å². The van der Waals surface area contributed by atoms with Crippen LogP contribution in [0, 0.1) is 30.1 Å². The summed E-state index contributed by atoms with van der Waals surface area (Å²) in [6.07, 6.45) is 4.24. The molecule has 1 aliphatic heterocycles. The van der Waals surface area contributed by atoms with Crippen LogP contribution in [-0.4, -0.2) is 60.1 Å². The van der Waals surface area contributed by atoms with Crippen molar-refractivity contribution in [1.82, 2.24) is 20.9 Å². The van der Waals surface area contributed by atoms with E-state index < -0.39 is 36.5 Å². The highest BCUT2D eigenvalue weighted by Crippen LogP contribution is 2.65. The van der Waals surface area contributed by atoms with Crippen LogP contribution < -0.4 is 16.0 Å². The number of aromatic nitrogens is 1. The molecule has 252 valence electrons. The third-order valence-corrected chi connectivity index (χ3v) is 10.9. The number of benzene rings is 2. The third-order valence-electron chi connectivity index (χ3n) is 10.9. The topological polar surface area (TPSA) is 119 Å². The molecule has 3 N–H and O–H groups in total. The zero-order chi connectivity index (χ0) is 34.2. The molecule has 3 saturated carbocycles. The Bertz CT molecular complexity index is 1650. The second-order valence-corrected chi connectivity index (χ2v) is 15.0. The summed E-state index contributed by atoms with van der Waals surface area (Å²) in [6.45, 7) is 12.8. The molecule has 48 heavy (non-hydrogen) atoms. The summed E-state index contributed by atoms with van der Waals surface area (Å²) < 4.78 is 13.3. The monoisotopic (exact) mass is 650 g/mol. The lowest BCUT2D eigenvalue weighted by atomic mass is 9.43. The fourth-order valence-corrected chi connectivity index (χ4v) is 7.91. The minimum Gasteiger partial charge on any atom is -0.404 e. The maximum absolute atomic E-state index is 14.1. The summed E-state index contributed by atoms with van der Waals surface area (Å²) in [4.78, 5) is 45.1. The third kappa shape index (κ3) is 6.78. The molecule has 1 saturated heterocycles. The molecule has 7 rings (SSSR count). The Morgan fingerprint density at radius 1 is 0.938 bits per heavy atom. The van der Waals surface area contributed by atoms with Crippen molar-refractivity contribution in [2.24, 2.45) is 23.2 Å². The van der Waals surface area contributed by atoms with Crippen LogP contribution in [0.2, 0.25) is 0 Å². The Balaban J connectivity index is 1.21. The maximum atomic E-state index is 14.1. The van der Waals surface area contributed by atoms with E-state index in [1.54, 1.807) is 24.4 Å². The molecule has 9 nitrogen and oxygen atoms in total. The first-order chi connectivity index (χ1) is 22.8. The number of carbonyl (C=O) groups is 3. The van der Waals surface area contributed by atoms with E-state index >= 15 is 0 Å². The first-order valence-electron chi connectivity index (χ1n) is 17.2. The molecule has 3 amide bonds. The predicted molar refractivity (Wildman–Crippen MR) is 186 cm³/mol. The Kier molecular flexibility index (Phi) is 9.51. The van der Waals surface area contributed by atoms with Gasteiger partial charge in [0, 0.05) is 18.3 Å². The molecule has 3 aliphatic carbocycles. The van der Waals surface area contributed by atoms with Crippen molar-refractivity contribution < 1.29 is 23.7 Å². The largest absolute Gasteiger partial charge is 0.481 e. The Hall–Kier alpha value is -4.02. The first kappa shape index (κ1) is 33.9. The normalized spacial score (nSPS) is 25.0. The number of carbonyl (C=O) groups excluding carboxylic acids is 3. The van der Waals surface area contributed by atoms with Gasteiger partial charge < -0.3 is 25.3 Å². The average molecular weight is 651 g/mol. The van der Waals surface area contributed by atoms with Gasteiger partial charge in [0.05, 0.1) is 17.6 Å². The smallest absolute Gasteiger partial charge is 0.404 e. The number of hydrogen-bond donors (Lipinski definition) is 3. The van der Waals surface area contributed by atoms with Crippen LogP contribution >= 0.6 is 0 Å². The van der Waals surface area contributed by atoms with Gasteiger partial charge in [-0.1, -0.05) is 75.7 Å². The number of rotatable bonds is 11. The summed E-state index contributed by atoms with van der Waals surface area (Å²) in [5, 5.41) is 8.85.